The number of rotatable bonds is 3. The summed E-state index contributed by atoms with van der Waals surface area (Å²) in [5.41, 5.74) is 7.93. The summed E-state index contributed by atoms with van der Waals surface area (Å²) in [5, 5.41) is 9.05. The summed E-state index contributed by atoms with van der Waals surface area (Å²) in [5.74, 6) is -0.262. The number of anilines is 1. The Morgan fingerprint density at radius 2 is 1.86 bits per heavy atom. The van der Waals surface area contributed by atoms with Crippen molar-refractivity contribution in [1.82, 2.24) is 10.2 Å². The zero-order valence-electron chi connectivity index (χ0n) is 11.5. The number of nitrogens with two attached hydrogens (primary N) is 1. The van der Waals surface area contributed by atoms with E-state index in [4.69, 9.17) is 5.73 Å². The van der Waals surface area contributed by atoms with Gasteiger partial charge >= 0.3 is 0 Å². The Balaban J connectivity index is 1.94. The third-order valence-electron chi connectivity index (χ3n) is 3.40. The highest BCUT2D eigenvalue weighted by Gasteiger charge is 2.15. The van der Waals surface area contributed by atoms with E-state index in [9.17, 15) is 4.39 Å². The minimum atomic E-state index is -0.233. The van der Waals surface area contributed by atoms with E-state index >= 15 is 0 Å². The number of nitrogen functional groups attached to an aromatic ring is 1. The lowest BCUT2D eigenvalue weighted by molar-refractivity contribution is 0.627. The maximum atomic E-state index is 14.4. The predicted octanol–water partition coefficient (Wildman–Crippen LogP) is 4.08. The second kappa shape index (κ2) is 5.61. The van der Waals surface area contributed by atoms with Gasteiger partial charge in [-0.25, -0.2) is 4.39 Å². The monoisotopic (exact) mass is 299 g/mol. The van der Waals surface area contributed by atoms with Crippen LogP contribution in [0.25, 0.3) is 11.1 Å². The molecule has 0 fully saturated rings. The summed E-state index contributed by atoms with van der Waals surface area (Å²) in [6.07, 6.45) is 0. The molecule has 3 nitrogen and oxygen atoms in total. The van der Waals surface area contributed by atoms with Crippen LogP contribution in [0.1, 0.15) is 23.4 Å². The van der Waals surface area contributed by atoms with E-state index in [1.807, 2.05) is 43.3 Å². The van der Waals surface area contributed by atoms with E-state index in [2.05, 4.69) is 10.2 Å². The second-order valence-electron chi connectivity index (χ2n) is 4.81. The molecule has 0 bridgehead atoms. The first kappa shape index (κ1) is 13.7. The van der Waals surface area contributed by atoms with E-state index < -0.39 is 0 Å². The summed E-state index contributed by atoms with van der Waals surface area (Å²) in [6, 6.07) is 14.8. The lowest BCUT2D eigenvalue weighted by Gasteiger charge is -2.10. The summed E-state index contributed by atoms with van der Waals surface area (Å²) < 4.78 is 14.4. The number of benzene rings is 2. The zero-order valence-corrected chi connectivity index (χ0v) is 12.3. The molecule has 0 aliphatic rings. The first-order valence-corrected chi connectivity index (χ1v) is 7.40. The van der Waals surface area contributed by atoms with Gasteiger partial charge in [0.15, 0.2) is 0 Å². The van der Waals surface area contributed by atoms with E-state index in [1.54, 1.807) is 12.1 Å². The lowest BCUT2D eigenvalue weighted by Crippen LogP contribution is -1.97. The smallest absolute Gasteiger partial charge is 0.203 e. The molecule has 1 atom stereocenters. The van der Waals surface area contributed by atoms with Gasteiger partial charge in [0.05, 0.1) is 0 Å². The van der Waals surface area contributed by atoms with Crippen molar-refractivity contribution >= 4 is 16.5 Å². The molecule has 21 heavy (non-hydrogen) atoms. The number of nitrogens with zero attached hydrogens (tertiary/aromatic N) is 2. The predicted molar refractivity (Wildman–Crippen MR) is 83.7 cm³/mol. The second-order valence-corrected chi connectivity index (χ2v) is 5.85. The van der Waals surface area contributed by atoms with Crippen LogP contribution in [0, 0.1) is 5.82 Å². The van der Waals surface area contributed by atoms with Gasteiger partial charge in [-0.05, 0) is 17.2 Å². The highest BCUT2D eigenvalue weighted by atomic mass is 32.1. The molecule has 0 amide bonds. The molecule has 0 spiro atoms. The number of aromatic nitrogens is 2. The van der Waals surface area contributed by atoms with E-state index in [0.717, 1.165) is 16.1 Å². The lowest BCUT2D eigenvalue weighted by atomic mass is 9.97. The number of hydrogen-bond acceptors (Lipinski definition) is 4. The Morgan fingerprint density at radius 1 is 1.10 bits per heavy atom. The summed E-state index contributed by atoms with van der Waals surface area (Å²) >= 11 is 1.33. The van der Waals surface area contributed by atoms with Crippen LogP contribution in [0.3, 0.4) is 0 Å². The van der Waals surface area contributed by atoms with Crippen molar-refractivity contribution in [1.29, 1.82) is 0 Å². The molecule has 0 aliphatic heterocycles. The minimum Gasteiger partial charge on any atom is -0.374 e. The van der Waals surface area contributed by atoms with Crippen molar-refractivity contribution in [3.63, 3.8) is 0 Å². The van der Waals surface area contributed by atoms with Crippen LogP contribution in [-0.4, -0.2) is 10.2 Å². The highest BCUT2D eigenvalue weighted by molar-refractivity contribution is 7.15. The Morgan fingerprint density at radius 3 is 2.48 bits per heavy atom. The van der Waals surface area contributed by atoms with Crippen molar-refractivity contribution < 1.29 is 4.39 Å². The van der Waals surface area contributed by atoms with Gasteiger partial charge in [-0.2, -0.15) is 0 Å². The molecule has 3 aromatic rings. The standard InChI is InChI=1S/C16H14FN3S/c1-10(15-19-20-16(18)21-15)12-7-8-13(14(17)9-12)11-5-3-2-4-6-11/h2-10H,1H3,(H2,18,20). The van der Waals surface area contributed by atoms with E-state index in [-0.39, 0.29) is 11.7 Å². The average molecular weight is 299 g/mol. The summed E-state index contributed by atoms with van der Waals surface area (Å²) in [6.45, 7) is 1.97. The molecular weight excluding hydrogens is 285 g/mol. The van der Waals surface area contributed by atoms with Gasteiger partial charge < -0.3 is 5.73 Å². The van der Waals surface area contributed by atoms with Gasteiger partial charge in [0.2, 0.25) is 5.13 Å². The van der Waals surface area contributed by atoms with Crippen molar-refractivity contribution in [2.45, 2.75) is 12.8 Å². The van der Waals surface area contributed by atoms with Crippen molar-refractivity contribution in [3.05, 3.63) is 64.9 Å². The van der Waals surface area contributed by atoms with Crippen LogP contribution in [0.4, 0.5) is 9.52 Å². The Hall–Kier alpha value is -2.27. The van der Waals surface area contributed by atoms with Crippen LogP contribution in [0.15, 0.2) is 48.5 Å². The van der Waals surface area contributed by atoms with Crippen LogP contribution in [-0.2, 0) is 0 Å². The summed E-state index contributed by atoms with van der Waals surface area (Å²) in [7, 11) is 0. The van der Waals surface area contributed by atoms with E-state index in [0.29, 0.717) is 10.7 Å². The molecule has 1 heterocycles. The molecule has 2 aromatic carbocycles. The molecule has 0 saturated heterocycles. The molecule has 1 unspecified atom stereocenters. The van der Waals surface area contributed by atoms with Crippen molar-refractivity contribution in [2.75, 3.05) is 5.73 Å². The first-order chi connectivity index (χ1) is 10.1. The maximum Gasteiger partial charge on any atom is 0.203 e. The zero-order chi connectivity index (χ0) is 14.8. The van der Waals surface area contributed by atoms with Gasteiger partial charge in [0.25, 0.3) is 0 Å². The fourth-order valence-corrected chi connectivity index (χ4v) is 2.91. The van der Waals surface area contributed by atoms with Gasteiger partial charge in [0.1, 0.15) is 10.8 Å². The third kappa shape index (κ3) is 2.78. The molecule has 106 valence electrons. The molecular formula is C16H14FN3S. The largest absolute Gasteiger partial charge is 0.374 e. The molecule has 0 saturated carbocycles. The van der Waals surface area contributed by atoms with Crippen molar-refractivity contribution in [2.24, 2.45) is 0 Å². The van der Waals surface area contributed by atoms with Crippen LogP contribution < -0.4 is 5.73 Å². The van der Waals surface area contributed by atoms with Gasteiger partial charge in [-0.1, -0.05) is 60.7 Å². The quantitative estimate of drug-likeness (QED) is 0.793. The molecule has 3 rings (SSSR count). The van der Waals surface area contributed by atoms with Crippen LogP contribution in [0.2, 0.25) is 0 Å². The average Bonchev–Trinajstić information content (AvgIpc) is 2.94. The van der Waals surface area contributed by atoms with Gasteiger partial charge in [-0.15, -0.1) is 10.2 Å². The van der Waals surface area contributed by atoms with E-state index in [1.165, 1.54) is 11.3 Å². The summed E-state index contributed by atoms with van der Waals surface area (Å²) in [4.78, 5) is 0. The highest BCUT2D eigenvalue weighted by Crippen LogP contribution is 2.31. The molecule has 2 N–H and O–H groups in total. The van der Waals surface area contributed by atoms with Crippen molar-refractivity contribution in [3.8, 4) is 11.1 Å². The number of hydrogen-bond donors (Lipinski definition) is 1. The van der Waals surface area contributed by atoms with Gasteiger partial charge in [-0.3, -0.25) is 0 Å². The fraction of sp³-hybridized carbons (Fsp3) is 0.125. The SMILES string of the molecule is CC(c1ccc(-c2ccccc2)c(F)c1)c1nnc(N)s1. The van der Waals surface area contributed by atoms with Gasteiger partial charge in [0, 0.05) is 11.5 Å². The van der Waals surface area contributed by atoms with Crippen LogP contribution >= 0.6 is 11.3 Å². The first-order valence-electron chi connectivity index (χ1n) is 6.59. The Bertz CT molecular complexity index is 755. The Labute approximate surface area is 126 Å². The molecule has 0 aliphatic carbocycles. The molecule has 5 heteroatoms. The molecule has 0 radical (unpaired) electrons. The topological polar surface area (TPSA) is 51.8 Å². The minimum absolute atomic E-state index is 0.0286. The number of halogens is 1. The molecule has 1 aromatic heterocycles. The fourth-order valence-electron chi connectivity index (χ4n) is 2.22. The normalized spacial score (nSPS) is 12.3. The Kier molecular flexibility index (Phi) is 3.66. The third-order valence-corrected chi connectivity index (χ3v) is 4.34. The van der Waals surface area contributed by atoms with Crippen LogP contribution in [0.5, 0.6) is 0 Å². The maximum absolute atomic E-state index is 14.4.